The van der Waals surface area contributed by atoms with E-state index in [9.17, 15) is 25.3 Å². The van der Waals surface area contributed by atoms with Gasteiger partial charge in [-0.25, -0.2) is 0 Å². The Bertz CT molecular complexity index is 857. The van der Waals surface area contributed by atoms with Crippen LogP contribution in [0, 0.1) is 20.2 Å². The van der Waals surface area contributed by atoms with Crippen molar-refractivity contribution in [2.24, 2.45) is 0 Å². The van der Waals surface area contributed by atoms with E-state index in [1.165, 1.54) is 0 Å². The van der Waals surface area contributed by atoms with E-state index in [-0.39, 0.29) is 9.50 Å². The molecule has 0 fully saturated rings. The summed E-state index contributed by atoms with van der Waals surface area (Å²) < 4.78 is 8.22. The van der Waals surface area contributed by atoms with Gasteiger partial charge in [-0.3, -0.25) is 14.7 Å². The smallest absolute Gasteiger partial charge is 0.381 e. The van der Waals surface area contributed by atoms with Crippen LogP contribution in [0.1, 0.15) is 0 Å². The first-order chi connectivity index (χ1) is 8.52. The van der Waals surface area contributed by atoms with Gasteiger partial charge in [0, 0.05) is 0 Å². The van der Waals surface area contributed by atoms with E-state index in [4.69, 9.17) is 0 Å². The Hall–Kier alpha value is -3.18. The molecule has 18 heavy (non-hydrogen) atoms. The molecule has 0 amide bonds. The monoisotopic (exact) mass is 256 g/mol. The minimum absolute atomic E-state index is 0.204. The Morgan fingerprint density at radius 2 is 2.17 bits per heavy atom. The molecule has 3 aromatic rings. The molecule has 0 aliphatic rings. The molecule has 12 heteroatoms. The van der Waals surface area contributed by atoms with Gasteiger partial charge in [0.05, 0.1) is 10.1 Å². The summed E-state index contributed by atoms with van der Waals surface area (Å²) in [7, 11) is 0. The van der Waals surface area contributed by atoms with Crippen molar-refractivity contribution in [3.05, 3.63) is 20.2 Å². The number of aromatic nitrogens is 4. The van der Waals surface area contributed by atoms with Gasteiger partial charge in [0.25, 0.3) is 5.52 Å². The van der Waals surface area contributed by atoms with E-state index >= 15 is 0 Å². The van der Waals surface area contributed by atoms with Gasteiger partial charge in [0.1, 0.15) is 0 Å². The molecule has 1 aromatic carbocycles. The second kappa shape index (κ2) is 2.93. The largest absolute Gasteiger partial charge is 0.500 e. The molecule has 0 aliphatic heterocycles. The molecule has 92 valence electrons. The van der Waals surface area contributed by atoms with E-state index in [1.807, 2.05) is 5.16 Å². The standard InChI is InChI=1S/C6HN5O7/c12-6-4-1(7-17-10(4)15)3(9(13)14)2-5(6)11(16)18-8-2/h(H-,7,8,12,15)/p+1. The van der Waals surface area contributed by atoms with Crippen molar-refractivity contribution in [3.63, 3.8) is 0 Å². The molecule has 0 unspecified atom stereocenters. The van der Waals surface area contributed by atoms with Crippen LogP contribution in [0.3, 0.4) is 0 Å². The number of nitrogens with zero attached hydrogens (tertiary/aromatic N) is 4. The van der Waals surface area contributed by atoms with Crippen LogP contribution in [-0.2, 0) is 0 Å². The second-order valence-corrected chi connectivity index (χ2v) is 3.26. The fourth-order valence-electron chi connectivity index (χ4n) is 1.65. The number of nitro benzene ring substituents is 1. The summed E-state index contributed by atoms with van der Waals surface area (Å²) in [5, 5.41) is 37.0. The van der Waals surface area contributed by atoms with E-state index in [0.29, 0.717) is 0 Å². The molecule has 0 saturated carbocycles. The van der Waals surface area contributed by atoms with E-state index in [1.54, 1.807) is 0 Å². The predicted molar refractivity (Wildman–Crippen MR) is 48.8 cm³/mol. The van der Waals surface area contributed by atoms with Crippen LogP contribution >= 0.6 is 0 Å². The Kier molecular flexibility index (Phi) is 1.63. The molecule has 3 rings (SSSR count). The maximum Gasteiger partial charge on any atom is 0.381 e. The van der Waals surface area contributed by atoms with Crippen LogP contribution in [-0.4, -0.2) is 20.3 Å². The molecule has 0 atom stereocenters. The minimum Gasteiger partial charge on any atom is -0.500 e. The highest BCUT2D eigenvalue weighted by Crippen LogP contribution is 2.36. The quantitative estimate of drug-likeness (QED) is 0.319. The molecular formula is C6H2N5O7+. The van der Waals surface area contributed by atoms with E-state index < -0.39 is 38.4 Å². The van der Waals surface area contributed by atoms with Crippen LogP contribution in [0.15, 0.2) is 9.26 Å². The number of phenols is 1. The summed E-state index contributed by atoms with van der Waals surface area (Å²) in [6.07, 6.45) is 0. The Labute approximate surface area is 93.8 Å². The third-order valence-electron chi connectivity index (χ3n) is 2.36. The van der Waals surface area contributed by atoms with Crippen molar-refractivity contribution in [1.82, 2.24) is 10.3 Å². The average molecular weight is 256 g/mol. The highest BCUT2D eigenvalue weighted by molar-refractivity contribution is 6.04. The molecule has 12 nitrogen and oxygen atoms in total. The summed E-state index contributed by atoms with van der Waals surface area (Å²) in [4.78, 5) is 21.0. The zero-order valence-corrected chi connectivity index (χ0v) is 8.19. The molecule has 0 aliphatic carbocycles. The zero-order valence-electron chi connectivity index (χ0n) is 8.19. The fraction of sp³-hybridized carbons (Fsp3) is 0. The van der Waals surface area contributed by atoms with Gasteiger partial charge in [-0.05, 0) is 9.81 Å². The summed E-state index contributed by atoms with van der Waals surface area (Å²) in [6.45, 7) is 0. The molecular weight excluding hydrogens is 254 g/mol. The topological polar surface area (TPSA) is 168 Å². The number of fused-ring (bicyclic) bond motifs is 2. The van der Waals surface area contributed by atoms with Gasteiger partial charge < -0.3 is 10.3 Å². The number of hydrogen-bond donors (Lipinski definition) is 2. The van der Waals surface area contributed by atoms with Crippen molar-refractivity contribution in [3.8, 4) is 5.75 Å². The molecule has 0 bridgehead atoms. The normalized spacial score (nSPS) is 11.3. The van der Waals surface area contributed by atoms with Gasteiger partial charge >= 0.3 is 22.2 Å². The first-order valence-corrected chi connectivity index (χ1v) is 4.35. The number of H-pyrrole nitrogens is 1. The van der Waals surface area contributed by atoms with Gasteiger partial charge in [-0.15, -0.1) is 0 Å². The Balaban J connectivity index is 2.75. The van der Waals surface area contributed by atoms with Crippen molar-refractivity contribution in [2.45, 2.75) is 0 Å². The lowest BCUT2D eigenvalue weighted by Crippen LogP contribution is -2.23. The Morgan fingerprint density at radius 1 is 1.44 bits per heavy atom. The number of benzene rings is 1. The first kappa shape index (κ1) is 10.0. The number of rotatable bonds is 1. The number of hydrogen-bond acceptors (Lipinski definition) is 8. The zero-order chi connectivity index (χ0) is 13.0. The van der Waals surface area contributed by atoms with Crippen molar-refractivity contribution in [2.75, 3.05) is 0 Å². The van der Waals surface area contributed by atoms with Crippen LogP contribution in [0.2, 0.25) is 0 Å². The maximum atomic E-state index is 11.2. The Morgan fingerprint density at radius 3 is 2.83 bits per heavy atom. The van der Waals surface area contributed by atoms with Crippen molar-refractivity contribution < 1.29 is 28.8 Å². The molecule has 2 heterocycles. The average Bonchev–Trinajstić information content (AvgIpc) is 2.84. The number of nitro groups is 1. The number of phenolic OH excluding ortho intramolecular Hbond substituents is 1. The number of non-ortho nitro benzene ring substituents is 1. The summed E-state index contributed by atoms with van der Waals surface area (Å²) in [5.74, 6) is -0.832. The molecule has 0 saturated heterocycles. The highest BCUT2D eigenvalue weighted by atomic mass is 16.8. The number of aromatic hydroxyl groups is 1. The maximum absolute atomic E-state index is 11.2. The molecule has 0 radical (unpaired) electrons. The molecule has 2 N–H and O–H groups in total. The van der Waals surface area contributed by atoms with Crippen LogP contribution < -0.4 is 9.50 Å². The van der Waals surface area contributed by atoms with E-state index in [2.05, 4.69) is 14.4 Å². The van der Waals surface area contributed by atoms with Gasteiger partial charge in [-0.2, -0.15) is 0 Å². The van der Waals surface area contributed by atoms with Gasteiger partial charge in [0.15, 0.2) is 4.60 Å². The third-order valence-corrected chi connectivity index (χ3v) is 2.36. The van der Waals surface area contributed by atoms with Gasteiger partial charge in [0.2, 0.25) is 5.75 Å². The third kappa shape index (κ3) is 0.977. The lowest BCUT2D eigenvalue weighted by atomic mass is 10.2. The molecule has 2 aromatic heterocycles. The summed E-state index contributed by atoms with van der Waals surface area (Å²) in [5.41, 5.74) is -2.85. The first-order valence-electron chi connectivity index (χ1n) is 4.35. The number of aromatic amines is 1. The fourth-order valence-corrected chi connectivity index (χ4v) is 1.65. The van der Waals surface area contributed by atoms with Crippen LogP contribution in [0.25, 0.3) is 22.1 Å². The summed E-state index contributed by atoms with van der Waals surface area (Å²) in [6, 6.07) is 0. The highest BCUT2D eigenvalue weighted by Gasteiger charge is 2.39. The van der Waals surface area contributed by atoms with Crippen molar-refractivity contribution >= 4 is 27.8 Å². The van der Waals surface area contributed by atoms with Crippen molar-refractivity contribution in [1.29, 1.82) is 0 Å². The predicted octanol–water partition coefficient (Wildman–Crippen LogP) is -0.936. The minimum atomic E-state index is -0.890. The number of nitrogens with one attached hydrogen (secondary N) is 1. The SMILES string of the molecule is O=[N+]([O-])c1c2no[n+]([O-])c2c(O)c2c1[nH]o[n+]2=O. The lowest BCUT2D eigenvalue weighted by Gasteiger charge is -1.90. The molecule has 0 spiro atoms. The lowest BCUT2D eigenvalue weighted by molar-refractivity contribution is -0.782. The van der Waals surface area contributed by atoms with E-state index in [0.717, 1.165) is 0 Å². The van der Waals surface area contributed by atoms with Gasteiger partial charge in [-0.1, -0.05) is 9.79 Å². The summed E-state index contributed by atoms with van der Waals surface area (Å²) >= 11 is 0. The second-order valence-electron chi connectivity index (χ2n) is 3.26. The van der Waals surface area contributed by atoms with Crippen LogP contribution in [0.5, 0.6) is 5.75 Å². The van der Waals surface area contributed by atoms with Crippen LogP contribution in [0.4, 0.5) is 5.69 Å².